The van der Waals surface area contributed by atoms with Gasteiger partial charge in [0.15, 0.2) is 10.1 Å². The second-order valence-electron chi connectivity index (χ2n) is 5.99. The summed E-state index contributed by atoms with van der Waals surface area (Å²) in [6.45, 7) is 2.05. The van der Waals surface area contributed by atoms with Crippen LogP contribution in [0.1, 0.15) is 22.8 Å². The summed E-state index contributed by atoms with van der Waals surface area (Å²) < 4.78 is 6.33. The fraction of sp³-hybridized carbons (Fsp3) is 0.200. The smallest absolute Gasteiger partial charge is 0.243 e. The third-order valence-corrected chi connectivity index (χ3v) is 5.92. The molecule has 150 valence electrons. The van der Waals surface area contributed by atoms with E-state index in [1.54, 1.807) is 31.2 Å². The van der Waals surface area contributed by atoms with Crippen molar-refractivity contribution in [2.45, 2.75) is 23.2 Å². The lowest BCUT2D eigenvalue weighted by atomic mass is 10.1. The molecule has 3 rings (SSSR count). The molecule has 0 saturated carbocycles. The Hall–Kier alpha value is -2.42. The van der Waals surface area contributed by atoms with Gasteiger partial charge in [-0.2, -0.15) is 0 Å². The van der Waals surface area contributed by atoms with Crippen LogP contribution in [0.2, 0.25) is 0 Å². The molecule has 1 heterocycles. The van der Waals surface area contributed by atoms with Crippen LogP contribution in [-0.4, -0.2) is 33.0 Å². The first kappa shape index (κ1) is 21.3. The van der Waals surface area contributed by atoms with Gasteiger partial charge in [0.25, 0.3) is 0 Å². The van der Waals surface area contributed by atoms with E-state index in [0.29, 0.717) is 27.4 Å². The van der Waals surface area contributed by atoms with Crippen LogP contribution in [0.5, 0.6) is 5.75 Å². The van der Waals surface area contributed by atoms with Gasteiger partial charge < -0.3 is 4.74 Å². The highest BCUT2D eigenvalue weighted by molar-refractivity contribution is 8.01. The number of amides is 1. The Morgan fingerprint density at radius 1 is 1.14 bits per heavy atom. The molecule has 6 nitrogen and oxygen atoms in total. The second kappa shape index (κ2) is 10.4. The van der Waals surface area contributed by atoms with E-state index in [0.717, 1.165) is 5.56 Å². The first-order valence-electron chi connectivity index (χ1n) is 8.72. The van der Waals surface area contributed by atoms with Gasteiger partial charge in [-0.25, -0.2) is 0 Å². The van der Waals surface area contributed by atoms with Gasteiger partial charge in [-0.15, -0.1) is 21.8 Å². The molecule has 3 aromatic rings. The lowest BCUT2D eigenvalue weighted by Crippen LogP contribution is -2.20. The number of hydrogen-bond acceptors (Lipinski definition) is 7. The number of carbonyl (C=O) groups is 2. The first-order chi connectivity index (χ1) is 14.0. The predicted molar refractivity (Wildman–Crippen MR) is 116 cm³/mol. The van der Waals surface area contributed by atoms with E-state index in [2.05, 4.69) is 15.5 Å². The van der Waals surface area contributed by atoms with E-state index in [-0.39, 0.29) is 17.4 Å². The third-order valence-electron chi connectivity index (χ3n) is 3.75. The minimum absolute atomic E-state index is 0.0280. The highest BCUT2D eigenvalue weighted by atomic mass is 35.5. The molecule has 0 bridgehead atoms. The number of rotatable bonds is 9. The van der Waals surface area contributed by atoms with Crippen LogP contribution in [-0.2, 0) is 11.4 Å². The van der Waals surface area contributed by atoms with Crippen LogP contribution < -0.4 is 10.1 Å². The van der Waals surface area contributed by atoms with Crippen molar-refractivity contribution >= 4 is 51.5 Å². The summed E-state index contributed by atoms with van der Waals surface area (Å²) >= 11 is 8.18. The van der Waals surface area contributed by atoms with Crippen LogP contribution in [0.3, 0.4) is 0 Å². The number of nitrogens with one attached hydrogen (secondary N) is 1. The number of ketones is 1. The molecule has 1 atom stereocenters. The van der Waals surface area contributed by atoms with Gasteiger partial charge in [-0.1, -0.05) is 53.4 Å². The molecule has 0 spiro atoms. The average Bonchev–Trinajstić information content (AvgIpc) is 3.19. The largest absolute Gasteiger partial charge is 0.489 e. The van der Waals surface area contributed by atoms with Crippen LogP contribution in [0.15, 0.2) is 58.9 Å². The minimum atomic E-state index is -0.656. The number of hydrogen-bond donors (Lipinski definition) is 1. The highest BCUT2D eigenvalue weighted by Crippen LogP contribution is 2.26. The number of aromatic nitrogens is 2. The molecule has 0 aliphatic heterocycles. The molecule has 1 amide bonds. The predicted octanol–water partition coefficient (Wildman–Crippen LogP) is 4.66. The van der Waals surface area contributed by atoms with Gasteiger partial charge in [-0.3, -0.25) is 14.9 Å². The molecule has 1 aromatic heterocycles. The van der Waals surface area contributed by atoms with Crippen LogP contribution in [0.25, 0.3) is 0 Å². The van der Waals surface area contributed by atoms with Gasteiger partial charge in [0.2, 0.25) is 11.0 Å². The molecule has 1 N–H and O–H groups in total. The van der Waals surface area contributed by atoms with Gasteiger partial charge in [0.1, 0.15) is 17.7 Å². The maximum atomic E-state index is 12.4. The van der Waals surface area contributed by atoms with Gasteiger partial charge in [-0.05, 0) is 36.8 Å². The van der Waals surface area contributed by atoms with Crippen molar-refractivity contribution in [2.75, 3.05) is 11.1 Å². The van der Waals surface area contributed by atoms with E-state index >= 15 is 0 Å². The Kier molecular flexibility index (Phi) is 7.62. The SMILES string of the molecule is CC(Cl)C(=O)Nc1nnc(SCC(=O)c2ccc(OCc3ccccc3)cc2)s1. The standard InChI is InChI=1S/C20H18ClN3O3S2/c1-13(21)18(26)22-19-23-24-20(29-19)28-12-17(25)15-7-9-16(10-8-15)27-11-14-5-3-2-4-6-14/h2-10,13H,11-12H2,1H3,(H,22,23,26). The number of carbonyl (C=O) groups excluding carboxylic acids is 2. The second-order valence-corrected chi connectivity index (χ2v) is 8.84. The molecular formula is C20H18ClN3O3S2. The lowest BCUT2D eigenvalue weighted by molar-refractivity contribution is -0.115. The monoisotopic (exact) mass is 447 g/mol. The van der Waals surface area contributed by atoms with Gasteiger partial charge in [0.05, 0.1) is 5.75 Å². The number of halogens is 1. The summed E-state index contributed by atoms with van der Waals surface area (Å²) in [4.78, 5) is 23.9. The van der Waals surface area contributed by atoms with E-state index < -0.39 is 5.38 Å². The van der Waals surface area contributed by atoms with Crippen molar-refractivity contribution in [3.8, 4) is 5.75 Å². The van der Waals surface area contributed by atoms with E-state index in [4.69, 9.17) is 16.3 Å². The maximum Gasteiger partial charge on any atom is 0.243 e. The molecule has 0 fully saturated rings. The number of Topliss-reactive ketones (excluding diaryl/α,β-unsaturated/α-hetero) is 1. The fourth-order valence-electron chi connectivity index (χ4n) is 2.21. The van der Waals surface area contributed by atoms with Crippen molar-refractivity contribution in [2.24, 2.45) is 0 Å². The number of benzene rings is 2. The van der Waals surface area contributed by atoms with E-state index in [9.17, 15) is 9.59 Å². The molecule has 0 aliphatic carbocycles. The molecular weight excluding hydrogens is 430 g/mol. The zero-order valence-corrected chi connectivity index (χ0v) is 17.9. The average molecular weight is 448 g/mol. The number of thioether (sulfide) groups is 1. The van der Waals surface area contributed by atoms with Crippen molar-refractivity contribution in [3.63, 3.8) is 0 Å². The van der Waals surface area contributed by atoms with Crippen molar-refractivity contribution in [3.05, 3.63) is 65.7 Å². The molecule has 29 heavy (non-hydrogen) atoms. The van der Waals surface area contributed by atoms with Gasteiger partial charge in [0, 0.05) is 5.56 Å². The third kappa shape index (κ3) is 6.56. The topological polar surface area (TPSA) is 81.2 Å². The van der Waals surface area contributed by atoms with Crippen molar-refractivity contribution in [1.29, 1.82) is 0 Å². The Morgan fingerprint density at radius 3 is 2.55 bits per heavy atom. The quantitative estimate of drug-likeness (QED) is 0.222. The van der Waals surface area contributed by atoms with Crippen LogP contribution >= 0.6 is 34.7 Å². The number of ether oxygens (including phenoxy) is 1. The highest BCUT2D eigenvalue weighted by Gasteiger charge is 2.14. The summed E-state index contributed by atoms with van der Waals surface area (Å²) in [7, 11) is 0. The Balaban J connectivity index is 1.48. The van der Waals surface area contributed by atoms with E-state index in [1.165, 1.54) is 23.1 Å². The molecule has 2 aromatic carbocycles. The molecule has 0 aliphatic rings. The summed E-state index contributed by atoms with van der Waals surface area (Å²) in [5.74, 6) is 0.555. The summed E-state index contributed by atoms with van der Waals surface area (Å²) in [5, 5.41) is 10.1. The molecule has 1 unspecified atom stereocenters. The van der Waals surface area contributed by atoms with Gasteiger partial charge >= 0.3 is 0 Å². The van der Waals surface area contributed by atoms with Crippen molar-refractivity contribution in [1.82, 2.24) is 10.2 Å². The van der Waals surface area contributed by atoms with E-state index in [1.807, 2.05) is 30.3 Å². The van der Waals surface area contributed by atoms with Crippen LogP contribution in [0.4, 0.5) is 5.13 Å². The lowest BCUT2D eigenvalue weighted by Gasteiger charge is -2.07. The summed E-state index contributed by atoms with van der Waals surface area (Å²) in [5.41, 5.74) is 1.68. The zero-order chi connectivity index (χ0) is 20.6. The Morgan fingerprint density at radius 2 is 1.86 bits per heavy atom. The Bertz CT molecular complexity index is 963. The molecule has 0 radical (unpaired) electrons. The van der Waals surface area contributed by atoms with Crippen molar-refractivity contribution < 1.29 is 14.3 Å². The zero-order valence-electron chi connectivity index (χ0n) is 15.5. The minimum Gasteiger partial charge on any atom is -0.489 e. The Labute approximate surface area is 181 Å². The number of nitrogens with zero attached hydrogens (tertiary/aromatic N) is 2. The molecule has 0 saturated heterocycles. The van der Waals surface area contributed by atoms with Crippen LogP contribution in [0, 0.1) is 0 Å². The maximum absolute atomic E-state index is 12.4. The number of alkyl halides is 1. The first-order valence-corrected chi connectivity index (χ1v) is 11.0. The fourth-order valence-corrected chi connectivity index (χ4v) is 3.92. The number of anilines is 1. The summed E-state index contributed by atoms with van der Waals surface area (Å²) in [6.07, 6.45) is 0. The summed E-state index contributed by atoms with van der Waals surface area (Å²) in [6, 6.07) is 16.9. The normalized spacial score (nSPS) is 11.7. The molecule has 9 heteroatoms.